The maximum absolute atomic E-state index is 13.9. The summed E-state index contributed by atoms with van der Waals surface area (Å²) in [5.41, 5.74) is 7.63. The van der Waals surface area contributed by atoms with Crippen LogP contribution >= 0.6 is 0 Å². The van der Waals surface area contributed by atoms with Crippen LogP contribution in [0.1, 0.15) is 25.5 Å². The van der Waals surface area contributed by atoms with Crippen molar-refractivity contribution in [1.29, 1.82) is 0 Å². The first-order chi connectivity index (χ1) is 8.13. The number of nitrogens with zero attached hydrogens (tertiary/aromatic N) is 2. The molecule has 1 aromatic heterocycles. The normalized spacial score (nSPS) is 11.1. The van der Waals surface area contributed by atoms with Crippen LogP contribution in [-0.2, 0) is 6.54 Å². The SMILES string of the molecule is CC(C)n1nccc1-c1ccc(CN)cc1F. The monoisotopic (exact) mass is 233 g/mol. The van der Waals surface area contributed by atoms with Gasteiger partial charge in [-0.05, 0) is 37.6 Å². The lowest BCUT2D eigenvalue weighted by atomic mass is 10.1. The standard InChI is InChI=1S/C13H16FN3/c1-9(2)17-13(5-6-16-17)11-4-3-10(8-15)7-12(11)14/h3-7,9H,8,15H2,1-2H3. The van der Waals surface area contributed by atoms with E-state index in [1.165, 1.54) is 6.07 Å². The van der Waals surface area contributed by atoms with Gasteiger partial charge >= 0.3 is 0 Å². The molecule has 0 aliphatic heterocycles. The van der Waals surface area contributed by atoms with Gasteiger partial charge in [-0.3, -0.25) is 4.68 Å². The summed E-state index contributed by atoms with van der Waals surface area (Å²) in [4.78, 5) is 0. The fraction of sp³-hybridized carbons (Fsp3) is 0.308. The Bertz CT molecular complexity index is 517. The Kier molecular flexibility index (Phi) is 3.24. The highest BCUT2D eigenvalue weighted by Crippen LogP contribution is 2.25. The zero-order valence-electron chi connectivity index (χ0n) is 10.0. The molecule has 0 spiro atoms. The van der Waals surface area contributed by atoms with Gasteiger partial charge in [-0.25, -0.2) is 4.39 Å². The Labute approximate surface area is 100 Å². The van der Waals surface area contributed by atoms with Crippen molar-refractivity contribution in [2.45, 2.75) is 26.4 Å². The smallest absolute Gasteiger partial charge is 0.132 e. The Morgan fingerprint density at radius 2 is 2.12 bits per heavy atom. The van der Waals surface area contributed by atoms with Crippen LogP contribution in [0.5, 0.6) is 0 Å². The zero-order chi connectivity index (χ0) is 12.4. The predicted octanol–water partition coefficient (Wildman–Crippen LogP) is 2.73. The molecule has 0 atom stereocenters. The number of nitrogens with two attached hydrogens (primary N) is 1. The molecule has 0 unspecified atom stereocenters. The fourth-order valence-electron chi connectivity index (χ4n) is 1.83. The van der Waals surface area contributed by atoms with Crippen molar-refractivity contribution in [2.24, 2.45) is 5.73 Å². The summed E-state index contributed by atoms with van der Waals surface area (Å²) in [6.45, 7) is 4.38. The molecule has 0 radical (unpaired) electrons. The molecule has 4 heteroatoms. The Morgan fingerprint density at radius 1 is 1.35 bits per heavy atom. The lowest BCUT2D eigenvalue weighted by Gasteiger charge is -2.12. The topological polar surface area (TPSA) is 43.8 Å². The number of hydrogen-bond acceptors (Lipinski definition) is 2. The van der Waals surface area contributed by atoms with Crippen molar-refractivity contribution in [3.05, 3.63) is 41.8 Å². The Balaban J connectivity index is 2.49. The predicted molar refractivity (Wildman–Crippen MR) is 65.9 cm³/mol. The highest BCUT2D eigenvalue weighted by molar-refractivity contribution is 5.60. The molecule has 0 fully saturated rings. The molecule has 1 aromatic carbocycles. The molecular weight excluding hydrogens is 217 g/mol. The van der Waals surface area contributed by atoms with E-state index in [0.717, 1.165) is 11.3 Å². The first kappa shape index (κ1) is 11.8. The molecule has 3 nitrogen and oxygen atoms in total. The summed E-state index contributed by atoms with van der Waals surface area (Å²) < 4.78 is 15.8. The highest BCUT2D eigenvalue weighted by Gasteiger charge is 2.12. The maximum atomic E-state index is 13.9. The van der Waals surface area contributed by atoms with E-state index >= 15 is 0 Å². The summed E-state index contributed by atoms with van der Waals surface area (Å²) in [6, 6.07) is 7.10. The average Bonchev–Trinajstić information content (AvgIpc) is 2.77. The Hall–Kier alpha value is -1.68. The third kappa shape index (κ3) is 2.22. The van der Waals surface area contributed by atoms with Gasteiger partial charge < -0.3 is 5.73 Å². The van der Waals surface area contributed by atoms with Gasteiger partial charge in [0, 0.05) is 24.3 Å². The summed E-state index contributed by atoms with van der Waals surface area (Å²) in [5.74, 6) is -0.254. The van der Waals surface area contributed by atoms with Crippen LogP contribution in [0.25, 0.3) is 11.3 Å². The van der Waals surface area contributed by atoms with Crippen LogP contribution in [0.15, 0.2) is 30.5 Å². The highest BCUT2D eigenvalue weighted by atomic mass is 19.1. The minimum absolute atomic E-state index is 0.202. The molecular formula is C13H16FN3. The van der Waals surface area contributed by atoms with Gasteiger partial charge in [0.2, 0.25) is 0 Å². The second kappa shape index (κ2) is 4.67. The van der Waals surface area contributed by atoms with E-state index in [4.69, 9.17) is 5.73 Å². The number of hydrogen-bond donors (Lipinski definition) is 1. The van der Waals surface area contributed by atoms with E-state index in [1.54, 1.807) is 16.9 Å². The molecule has 0 saturated carbocycles. The van der Waals surface area contributed by atoms with Gasteiger partial charge in [-0.15, -0.1) is 0 Å². The number of halogens is 1. The van der Waals surface area contributed by atoms with E-state index in [-0.39, 0.29) is 11.9 Å². The summed E-state index contributed by atoms with van der Waals surface area (Å²) in [6.07, 6.45) is 1.69. The lowest BCUT2D eigenvalue weighted by molar-refractivity contribution is 0.535. The largest absolute Gasteiger partial charge is 0.326 e. The molecule has 2 N–H and O–H groups in total. The third-order valence-electron chi connectivity index (χ3n) is 2.70. The quantitative estimate of drug-likeness (QED) is 0.885. The van der Waals surface area contributed by atoms with Crippen molar-refractivity contribution >= 4 is 0 Å². The molecule has 90 valence electrons. The summed E-state index contributed by atoms with van der Waals surface area (Å²) in [5, 5.41) is 4.20. The second-order valence-corrected chi connectivity index (χ2v) is 4.27. The van der Waals surface area contributed by atoms with E-state index in [2.05, 4.69) is 5.10 Å². The molecule has 0 bridgehead atoms. The van der Waals surface area contributed by atoms with Crippen molar-refractivity contribution in [3.8, 4) is 11.3 Å². The third-order valence-corrected chi connectivity index (χ3v) is 2.70. The second-order valence-electron chi connectivity index (χ2n) is 4.27. The molecule has 2 aromatic rings. The fourth-order valence-corrected chi connectivity index (χ4v) is 1.83. The first-order valence-corrected chi connectivity index (χ1v) is 5.66. The zero-order valence-corrected chi connectivity index (χ0v) is 10.0. The minimum Gasteiger partial charge on any atom is -0.326 e. The van der Waals surface area contributed by atoms with Gasteiger partial charge in [0.1, 0.15) is 5.82 Å². The van der Waals surface area contributed by atoms with Gasteiger partial charge in [-0.1, -0.05) is 6.07 Å². The van der Waals surface area contributed by atoms with E-state index in [1.807, 2.05) is 26.0 Å². The van der Waals surface area contributed by atoms with Crippen molar-refractivity contribution < 1.29 is 4.39 Å². The average molecular weight is 233 g/mol. The van der Waals surface area contributed by atoms with E-state index in [9.17, 15) is 4.39 Å². The van der Waals surface area contributed by atoms with E-state index < -0.39 is 0 Å². The first-order valence-electron chi connectivity index (χ1n) is 5.66. The van der Waals surface area contributed by atoms with Gasteiger partial charge in [0.15, 0.2) is 0 Å². The van der Waals surface area contributed by atoms with Crippen molar-refractivity contribution in [2.75, 3.05) is 0 Å². The van der Waals surface area contributed by atoms with Crippen LogP contribution in [0, 0.1) is 5.82 Å². The van der Waals surface area contributed by atoms with Gasteiger partial charge in [0.05, 0.1) is 5.69 Å². The van der Waals surface area contributed by atoms with Gasteiger partial charge in [-0.2, -0.15) is 5.10 Å². The number of benzene rings is 1. The molecule has 0 saturated heterocycles. The number of rotatable bonds is 3. The molecule has 17 heavy (non-hydrogen) atoms. The Morgan fingerprint density at radius 3 is 2.71 bits per heavy atom. The maximum Gasteiger partial charge on any atom is 0.132 e. The van der Waals surface area contributed by atoms with Crippen LogP contribution in [0.4, 0.5) is 4.39 Å². The minimum atomic E-state index is -0.254. The van der Waals surface area contributed by atoms with Crippen LogP contribution in [-0.4, -0.2) is 9.78 Å². The van der Waals surface area contributed by atoms with Crippen LogP contribution in [0.3, 0.4) is 0 Å². The molecule has 1 heterocycles. The molecule has 0 amide bonds. The van der Waals surface area contributed by atoms with Crippen LogP contribution < -0.4 is 5.73 Å². The molecule has 0 aliphatic carbocycles. The summed E-state index contributed by atoms with van der Waals surface area (Å²) in [7, 11) is 0. The lowest BCUT2D eigenvalue weighted by Crippen LogP contribution is -2.05. The molecule has 0 aliphatic rings. The number of aromatic nitrogens is 2. The summed E-state index contributed by atoms with van der Waals surface area (Å²) >= 11 is 0. The van der Waals surface area contributed by atoms with Crippen molar-refractivity contribution in [3.63, 3.8) is 0 Å². The molecule has 2 rings (SSSR count). The van der Waals surface area contributed by atoms with Gasteiger partial charge in [0.25, 0.3) is 0 Å². The van der Waals surface area contributed by atoms with Crippen LogP contribution in [0.2, 0.25) is 0 Å². The van der Waals surface area contributed by atoms with Crippen molar-refractivity contribution in [1.82, 2.24) is 9.78 Å². The van der Waals surface area contributed by atoms with E-state index in [0.29, 0.717) is 12.1 Å².